The van der Waals surface area contributed by atoms with Gasteiger partial charge in [0.1, 0.15) is 6.10 Å². The van der Waals surface area contributed by atoms with Gasteiger partial charge in [-0.15, -0.1) is 0 Å². The highest BCUT2D eigenvalue weighted by atomic mass is 16.5. The first kappa shape index (κ1) is 15.9. The molecule has 0 aliphatic carbocycles. The van der Waals surface area contributed by atoms with E-state index >= 15 is 0 Å². The van der Waals surface area contributed by atoms with Gasteiger partial charge in [-0.25, -0.2) is 0 Å². The summed E-state index contributed by atoms with van der Waals surface area (Å²) in [7, 11) is 0. The molecule has 1 saturated heterocycles. The summed E-state index contributed by atoms with van der Waals surface area (Å²) in [5.41, 5.74) is 3.15. The molecule has 1 aliphatic rings. The Balaban J connectivity index is 1.52. The van der Waals surface area contributed by atoms with Gasteiger partial charge in [-0.05, 0) is 26.0 Å². The number of aryl methyl sites for hydroxylation is 1. The van der Waals surface area contributed by atoms with Gasteiger partial charge in [-0.2, -0.15) is 10.1 Å². The molecule has 3 aromatic heterocycles. The van der Waals surface area contributed by atoms with E-state index in [-0.39, 0.29) is 12.2 Å². The molecule has 0 aromatic carbocycles. The van der Waals surface area contributed by atoms with Crippen LogP contribution in [0.1, 0.15) is 30.3 Å². The molecular weight excluding hydrogens is 320 g/mol. The van der Waals surface area contributed by atoms with Gasteiger partial charge >= 0.3 is 0 Å². The van der Waals surface area contributed by atoms with Crippen molar-refractivity contribution in [2.24, 2.45) is 0 Å². The van der Waals surface area contributed by atoms with Crippen LogP contribution in [0.25, 0.3) is 11.3 Å². The number of H-pyrrole nitrogens is 1. The maximum atomic E-state index is 5.98. The van der Waals surface area contributed by atoms with Crippen LogP contribution in [0, 0.1) is 6.92 Å². The van der Waals surface area contributed by atoms with E-state index in [0.717, 1.165) is 29.9 Å². The van der Waals surface area contributed by atoms with Gasteiger partial charge in [-0.3, -0.25) is 15.0 Å². The first-order valence-corrected chi connectivity index (χ1v) is 8.29. The SMILES string of the molecule is Cc1noc([C@H]2CN(Cc3cn[nH]c3-c3cccnc3)C[C@@H](C)O2)n1. The van der Waals surface area contributed by atoms with Crippen molar-refractivity contribution in [2.45, 2.75) is 32.6 Å². The zero-order chi connectivity index (χ0) is 17.2. The number of aromatic nitrogens is 5. The van der Waals surface area contributed by atoms with Crippen molar-refractivity contribution in [3.05, 3.63) is 48.0 Å². The van der Waals surface area contributed by atoms with Gasteiger partial charge < -0.3 is 9.26 Å². The van der Waals surface area contributed by atoms with Crippen molar-refractivity contribution in [1.29, 1.82) is 0 Å². The highest BCUT2D eigenvalue weighted by Crippen LogP contribution is 2.27. The normalized spacial score (nSPS) is 21.5. The van der Waals surface area contributed by atoms with Gasteiger partial charge in [0.2, 0.25) is 0 Å². The molecule has 0 amide bonds. The van der Waals surface area contributed by atoms with Crippen LogP contribution in [0.15, 0.2) is 35.2 Å². The number of hydrogen-bond donors (Lipinski definition) is 1. The molecule has 3 aromatic rings. The number of morpholine rings is 1. The Kier molecular flexibility index (Phi) is 4.29. The van der Waals surface area contributed by atoms with E-state index in [2.05, 4.69) is 37.1 Å². The molecule has 0 radical (unpaired) electrons. The molecule has 0 bridgehead atoms. The lowest BCUT2D eigenvalue weighted by Gasteiger charge is -2.35. The molecule has 25 heavy (non-hydrogen) atoms. The lowest BCUT2D eigenvalue weighted by atomic mass is 10.1. The van der Waals surface area contributed by atoms with E-state index in [0.29, 0.717) is 18.3 Å². The minimum Gasteiger partial charge on any atom is -0.363 e. The summed E-state index contributed by atoms with van der Waals surface area (Å²) in [5, 5.41) is 11.2. The number of rotatable bonds is 4. The third-order valence-electron chi connectivity index (χ3n) is 4.22. The minimum absolute atomic E-state index is 0.0831. The lowest BCUT2D eigenvalue weighted by Crippen LogP contribution is -2.42. The minimum atomic E-state index is -0.210. The molecule has 0 unspecified atom stereocenters. The Labute approximate surface area is 145 Å². The van der Waals surface area contributed by atoms with E-state index < -0.39 is 0 Å². The van der Waals surface area contributed by atoms with Crippen LogP contribution in [-0.2, 0) is 11.3 Å². The van der Waals surface area contributed by atoms with Gasteiger partial charge in [0.25, 0.3) is 5.89 Å². The number of nitrogens with zero attached hydrogens (tertiary/aromatic N) is 5. The van der Waals surface area contributed by atoms with Crippen LogP contribution in [0.2, 0.25) is 0 Å². The molecule has 1 N–H and O–H groups in total. The summed E-state index contributed by atoms with van der Waals surface area (Å²) in [6, 6.07) is 3.95. The molecule has 1 aliphatic heterocycles. The van der Waals surface area contributed by atoms with Crippen molar-refractivity contribution in [1.82, 2.24) is 30.2 Å². The fraction of sp³-hybridized carbons (Fsp3) is 0.412. The molecule has 0 spiro atoms. The van der Waals surface area contributed by atoms with Crippen molar-refractivity contribution < 1.29 is 9.26 Å². The molecule has 4 heterocycles. The van der Waals surface area contributed by atoms with E-state index in [1.54, 1.807) is 6.20 Å². The fourth-order valence-electron chi connectivity index (χ4n) is 3.18. The zero-order valence-electron chi connectivity index (χ0n) is 14.2. The number of hydrogen-bond acceptors (Lipinski definition) is 7. The van der Waals surface area contributed by atoms with E-state index in [4.69, 9.17) is 9.26 Å². The van der Waals surface area contributed by atoms with Gasteiger partial charge in [-0.1, -0.05) is 5.16 Å². The number of pyridine rings is 1. The second-order valence-electron chi connectivity index (χ2n) is 6.32. The third-order valence-corrected chi connectivity index (χ3v) is 4.22. The zero-order valence-corrected chi connectivity index (χ0v) is 14.2. The Morgan fingerprint density at radius 2 is 2.24 bits per heavy atom. The van der Waals surface area contributed by atoms with E-state index in [9.17, 15) is 0 Å². The standard InChI is InChI=1S/C17H20N6O2/c1-11-8-23(10-15(24-11)17-20-12(2)22-25-17)9-14-7-19-21-16(14)13-4-3-5-18-6-13/h3-7,11,15H,8-10H2,1-2H3,(H,19,21)/t11-,15-/m1/s1. The Morgan fingerprint density at radius 3 is 3.00 bits per heavy atom. The second-order valence-corrected chi connectivity index (χ2v) is 6.32. The Hall–Kier alpha value is -2.58. The van der Waals surface area contributed by atoms with E-state index in [1.165, 1.54) is 0 Å². The topological polar surface area (TPSA) is 93.0 Å². The van der Waals surface area contributed by atoms with Crippen molar-refractivity contribution >= 4 is 0 Å². The highest BCUT2D eigenvalue weighted by Gasteiger charge is 2.30. The van der Waals surface area contributed by atoms with Crippen LogP contribution in [0.5, 0.6) is 0 Å². The smallest absolute Gasteiger partial charge is 0.257 e. The Bertz CT molecular complexity index is 831. The summed E-state index contributed by atoms with van der Waals surface area (Å²) in [5.74, 6) is 1.16. The van der Waals surface area contributed by atoms with Gasteiger partial charge in [0.05, 0.1) is 18.0 Å². The largest absolute Gasteiger partial charge is 0.363 e. The summed E-state index contributed by atoms with van der Waals surface area (Å²) in [4.78, 5) is 10.8. The predicted octanol–water partition coefficient (Wildman–Crippen LogP) is 2.13. The van der Waals surface area contributed by atoms with Crippen molar-refractivity contribution in [3.63, 3.8) is 0 Å². The van der Waals surface area contributed by atoms with Gasteiger partial charge in [0.15, 0.2) is 5.82 Å². The lowest BCUT2D eigenvalue weighted by molar-refractivity contribution is -0.0930. The van der Waals surface area contributed by atoms with Crippen LogP contribution >= 0.6 is 0 Å². The van der Waals surface area contributed by atoms with Crippen molar-refractivity contribution in [3.8, 4) is 11.3 Å². The highest BCUT2D eigenvalue weighted by molar-refractivity contribution is 5.61. The maximum Gasteiger partial charge on any atom is 0.257 e. The molecule has 130 valence electrons. The molecule has 2 atom stereocenters. The maximum absolute atomic E-state index is 5.98. The van der Waals surface area contributed by atoms with Crippen molar-refractivity contribution in [2.75, 3.05) is 13.1 Å². The monoisotopic (exact) mass is 340 g/mol. The molecule has 1 fully saturated rings. The van der Waals surface area contributed by atoms with Crippen LogP contribution in [0.3, 0.4) is 0 Å². The first-order chi connectivity index (χ1) is 12.2. The quantitative estimate of drug-likeness (QED) is 0.777. The third kappa shape index (κ3) is 3.45. The first-order valence-electron chi connectivity index (χ1n) is 8.29. The Morgan fingerprint density at radius 1 is 1.32 bits per heavy atom. The summed E-state index contributed by atoms with van der Waals surface area (Å²) < 4.78 is 11.3. The predicted molar refractivity (Wildman–Crippen MR) is 89.4 cm³/mol. The summed E-state index contributed by atoms with van der Waals surface area (Å²) in [6.45, 7) is 6.16. The van der Waals surface area contributed by atoms with E-state index in [1.807, 2.05) is 31.5 Å². The number of nitrogens with one attached hydrogen (secondary N) is 1. The average molecular weight is 340 g/mol. The molecule has 0 saturated carbocycles. The van der Waals surface area contributed by atoms with Gasteiger partial charge in [0, 0.05) is 43.2 Å². The molecular formula is C17H20N6O2. The number of aromatic amines is 1. The van der Waals surface area contributed by atoms with Crippen LogP contribution in [-0.4, -0.2) is 49.4 Å². The fourth-order valence-corrected chi connectivity index (χ4v) is 3.18. The van der Waals surface area contributed by atoms with Crippen LogP contribution in [0.4, 0.5) is 0 Å². The summed E-state index contributed by atoms with van der Waals surface area (Å²) >= 11 is 0. The molecule has 4 rings (SSSR count). The average Bonchev–Trinajstić information content (AvgIpc) is 3.24. The molecule has 8 heteroatoms. The van der Waals surface area contributed by atoms with Crippen LogP contribution < -0.4 is 0 Å². The number of ether oxygens (including phenoxy) is 1. The second kappa shape index (κ2) is 6.73. The summed E-state index contributed by atoms with van der Waals surface area (Å²) in [6.07, 6.45) is 5.34. The molecule has 8 nitrogen and oxygen atoms in total.